The van der Waals surface area contributed by atoms with Gasteiger partial charge in [-0.3, -0.25) is 4.79 Å². The maximum atomic E-state index is 11.9. The largest absolute Gasteiger partial charge is 0.461 e. The van der Waals surface area contributed by atoms with E-state index < -0.39 is 12.4 Å². The summed E-state index contributed by atoms with van der Waals surface area (Å²) >= 11 is 0. The molecule has 2 aliphatic heterocycles. The van der Waals surface area contributed by atoms with Crippen LogP contribution in [0.2, 0.25) is 0 Å². The maximum absolute atomic E-state index is 11.9. The Hall–Kier alpha value is -1.76. The van der Waals surface area contributed by atoms with Gasteiger partial charge in [-0.25, -0.2) is 4.79 Å². The predicted molar refractivity (Wildman–Crippen MR) is 67.4 cm³/mol. The Balaban J connectivity index is 1.86. The summed E-state index contributed by atoms with van der Waals surface area (Å²) < 4.78 is 16.4. The van der Waals surface area contributed by atoms with Gasteiger partial charge in [0.15, 0.2) is 0 Å². The van der Waals surface area contributed by atoms with E-state index in [0.29, 0.717) is 5.57 Å². The summed E-state index contributed by atoms with van der Waals surface area (Å²) in [6, 6.07) is 0. The highest BCUT2D eigenvalue weighted by Gasteiger charge is 2.70. The number of likely N-dealkylation sites (N-methyl/N-ethyl adjacent to an activating group) is 1. The van der Waals surface area contributed by atoms with Crippen LogP contribution in [-0.2, 0) is 19.0 Å². The number of rotatable bonds is 2. The number of epoxide rings is 1. The summed E-state index contributed by atoms with van der Waals surface area (Å²) in [6.45, 7) is 1.97. The fraction of sp³-hybridized carbons (Fsp3) is 0.692. The maximum Gasteiger partial charge on any atom is 0.409 e. The molecule has 0 aromatic carbocycles. The summed E-state index contributed by atoms with van der Waals surface area (Å²) in [7, 11) is 3.07. The minimum Gasteiger partial charge on any atom is -0.461 e. The molecule has 1 saturated carbocycles. The van der Waals surface area contributed by atoms with Crippen molar-refractivity contribution in [2.45, 2.75) is 31.3 Å². The number of ether oxygens (including phenoxy) is 3. The van der Waals surface area contributed by atoms with E-state index in [1.807, 2.05) is 6.92 Å². The molecule has 0 radical (unpaired) electrons. The van der Waals surface area contributed by atoms with Gasteiger partial charge in [-0.2, -0.15) is 0 Å². The van der Waals surface area contributed by atoms with E-state index in [0.717, 1.165) is 6.42 Å². The minimum atomic E-state index is -0.731. The van der Waals surface area contributed by atoms with Crippen LogP contribution in [0.15, 0.2) is 11.8 Å². The summed E-state index contributed by atoms with van der Waals surface area (Å²) in [5.41, 5.74) is 0.211. The van der Waals surface area contributed by atoms with Crippen molar-refractivity contribution in [2.75, 3.05) is 14.1 Å². The molecule has 2 N–H and O–H groups in total. The molecule has 0 aromatic rings. The first-order chi connectivity index (χ1) is 9.51. The van der Waals surface area contributed by atoms with Gasteiger partial charge in [0.05, 0.1) is 23.9 Å². The van der Waals surface area contributed by atoms with E-state index >= 15 is 0 Å². The Kier molecular flexibility index (Phi) is 2.89. The molecule has 2 amide bonds. The van der Waals surface area contributed by atoms with E-state index in [1.165, 1.54) is 13.3 Å². The third kappa shape index (κ3) is 1.76. The van der Waals surface area contributed by atoms with Gasteiger partial charge in [0.25, 0.3) is 6.29 Å². The quantitative estimate of drug-likeness (QED) is 0.702. The Morgan fingerprint density at radius 2 is 2.15 bits per heavy atom. The van der Waals surface area contributed by atoms with Crippen molar-refractivity contribution in [3.05, 3.63) is 11.8 Å². The SMILES string of the molecule is CNC(=O)O[C@@H]1OC=C(C(=O)NC)[C@H]2C[C@@H]3O[C@]3(C)[C@@H]12. The fourth-order valence-electron chi connectivity index (χ4n) is 3.35. The number of hydrogen-bond acceptors (Lipinski definition) is 5. The normalized spacial score (nSPS) is 40.6. The Bertz CT molecular complexity index is 491. The van der Waals surface area contributed by atoms with Gasteiger partial charge in [0, 0.05) is 20.0 Å². The first-order valence-electron chi connectivity index (χ1n) is 6.65. The zero-order valence-electron chi connectivity index (χ0n) is 11.6. The van der Waals surface area contributed by atoms with Gasteiger partial charge >= 0.3 is 6.09 Å². The summed E-state index contributed by atoms with van der Waals surface area (Å²) in [6.07, 6.45) is 0.964. The third-order valence-corrected chi connectivity index (χ3v) is 4.48. The van der Waals surface area contributed by atoms with Gasteiger partial charge in [-0.05, 0) is 13.3 Å². The molecule has 0 aromatic heterocycles. The van der Waals surface area contributed by atoms with Gasteiger partial charge in [-0.1, -0.05) is 0 Å². The van der Waals surface area contributed by atoms with Crippen molar-refractivity contribution in [1.29, 1.82) is 0 Å². The topological polar surface area (TPSA) is 89.2 Å². The zero-order chi connectivity index (χ0) is 14.5. The van der Waals surface area contributed by atoms with Crippen molar-refractivity contribution in [2.24, 2.45) is 11.8 Å². The molecule has 0 spiro atoms. The number of carbonyl (C=O) groups is 2. The minimum absolute atomic E-state index is 0.0119. The molecule has 0 unspecified atom stereocenters. The molecule has 5 atom stereocenters. The van der Waals surface area contributed by atoms with E-state index in [2.05, 4.69) is 10.6 Å². The zero-order valence-corrected chi connectivity index (χ0v) is 11.6. The first kappa shape index (κ1) is 13.2. The molecule has 2 fully saturated rings. The third-order valence-electron chi connectivity index (χ3n) is 4.48. The molecule has 1 aliphatic carbocycles. The Morgan fingerprint density at radius 1 is 1.40 bits per heavy atom. The van der Waals surface area contributed by atoms with Crippen LogP contribution < -0.4 is 10.6 Å². The number of alkyl carbamates (subject to hydrolysis) is 1. The van der Waals surface area contributed by atoms with E-state index in [-0.39, 0.29) is 29.4 Å². The molecule has 0 bridgehead atoms. The Labute approximate surface area is 116 Å². The Morgan fingerprint density at radius 3 is 2.80 bits per heavy atom. The molecule has 110 valence electrons. The van der Waals surface area contributed by atoms with Crippen LogP contribution in [0.5, 0.6) is 0 Å². The molecule has 2 heterocycles. The van der Waals surface area contributed by atoms with Gasteiger partial charge in [0.2, 0.25) is 5.91 Å². The van der Waals surface area contributed by atoms with E-state index in [4.69, 9.17) is 14.2 Å². The average molecular weight is 282 g/mol. The van der Waals surface area contributed by atoms with Crippen molar-refractivity contribution < 1.29 is 23.8 Å². The number of amides is 2. The monoisotopic (exact) mass is 282 g/mol. The second-order valence-electron chi connectivity index (χ2n) is 5.47. The van der Waals surface area contributed by atoms with Crippen LogP contribution in [0.3, 0.4) is 0 Å². The fourth-order valence-corrected chi connectivity index (χ4v) is 3.35. The van der Waals surface area contributed by atoms with Crippen molar-refractivity contribution in [3.63, 3.8) is 0 Å². The molecular weight excluding hydrogens is 264 g/mol. The van der Waals surface area contributed by atoms with Crippen LogP contribution in [0.1, 0.15) is 13.3 Å². The number of nitrogens with one attached hydrogen (secondary N) is 2. The molecule has 3 aliphatic rings. The lowest BCUT2D eigenvalue weighted by molar-refractivity contribution is -0.141. The van der Waals surface area contributed by atoms with Gasteiger partial charge in [0.1, 0.15) is 5.60 Å². The van der Waals surface area contributed by atoms with E-state index in [1.54, 1.807) is 7.05 Å². The second kappa shape index (κ2) is 4.37. The molecule has 1 saturated heterocycles. The average Bonchev–Trinajstić information content (AvgIpc) is 3.00. The highest BCUT2D eigenvalue weighted by atomic mass is 16.7. The molecule has 3 rings (SSSR count). The van der Waals surface area contributed by atoms with Crippen LogP contribution >= 0.6 is 0 Å². The highest BCUT2D eigenvalue weighted by molar-refractivity contribution is 5.93. The number of hydrogen-bond donors (Lipinski definition) is 2. The van der Waals surface area contributed by atoms with Crippen LogP contribution in [0.25, 0.3) is 0 Å². The standard InChI is InChI=1S/C13H18N2O5/c1-13-8(20-13)4-6-7(10(16)14-2)5-18-11(9(6)13)19-12(17)15-3/h5-6,8-9,11H,4H2,1-3H3,(H,14,16)(H,15,17)/t6-,8+,9-,11+,13+/m1/s1. The van der Waals surface area contributed by atoms with Gasteiger partial charge in [-0.15, -0.1) is 0 Å². The molecule has 20 heavy (non-hydrogen) atoms. The van der Waals surface area contributed by atoms with Crippen molar-refractivity contribution in [1.82, 2.24) is 10.6 Å². The molecule has 7 heteroatoms. The van der Waals surface area contributed by atoms with Crippen LogP contribution in [-0.4, -0.2) is 44.1 Å². The lowest BCUT2D eigenvalue weighted by Crippen LogP contribution is -2.45. The van der Waals surface area contributed by atoms with Crippen LogP contribution in [0.4, 0.5) is 4.79 Å². The first-order valence-corrected chi connectivity index (χ1v) is 6.65. The number of carbonyl (C=O) groups excluding carboxylic acids is 2. The van der Waals surface area contributed by atoms with Crippen LogP contribution in [0, 0.1) is 11.8 Å². The summed E-state index contributed by atoms with van der Waals surface area (Å²) in [4.78, 5) is 23.3. The molecular formula is C13H18N2O5. The van der Waals surface area contributed by atoms with Crippen molar-refractivity contribution in [3.8, 4) is 0 Å². The van der Waals surface area contributed by atoms with Gasteiger partial charge < -0.3 is 24.8 Å². The summed E-state index contributed by atoms with van der Waals surface area (Å²) in [5.74, 6) is -0.340. The smallest absolute Gasteiger partial charge is 0.409 e. The predicted octanol–water partition coefficient (Wildman–Crippen LogP) is 0.122. The summed E-state index contributed by atoms with van der Waals surface area (Å²) in [5, 5.41) is 5.00. The second-order valence-corrected chi connectivity index (χ2v) is 5.47. The molecule has 7 nitrogen and oxygen atoms in total. The number of fused-ring (bicyclic) bond motifs is 3. The highest BCUT2D eigenvalue weighted by Crippen LogP contribution is 2.60. The lowest BCUT2D eigenvalue weighted by Gasteiger charge is -2.35. The lowest BCUT2D eigenvalue weighted by atomic mass is 9.82. The van der Waals surface area contributed by atoms with Crippen molar-refractivity contribution >= 4 is 12.0 Å². The van der Waals surface area contributed by atoms with E-state index in [9.17, 15) is 9.59 Å².